The van der Waals surface area contributed by atoms with Gasteiger partial charge in [-0.15, -0.1) is 0 Å². The molecule has 14 heteroatoms. The van der Waals surface area contributed by atoms with E-state index in [1.165, 1.54) is 18.7 Å². The molecular weight excluding hydrogens is 556 g/mol. The van der Waals surface area contributed by atoms with Crippen LogP contribution in [0.5, 0.6) is 0 Å². The van der Waals surface area contributed by atoms with Gasteiger partial charge in [0, 0.05) is 51.9 Å². The second kappa shape index (κ2) is 15.3. The monoisotopic (exact) mass is 594 g/mol. The number of urea groups is 1. The average Bonchev–Trinajstić information content (AvgIpc) is 2.99. The van der Waals surface area contributed by atoms with Gasteiger partial charge in [0.15, 0.2) is 0 Å². The van der Waals surface area contributed by atoms with Crippen molar-refractivity contribution in [3.05, 3.63) is 60.2 Å². The number of hydrazine groups is 1. The minimum Gasteiger partial charge on any atom is -0.368 e. The predicted molar refractivity (Wildman–Crippen MR) is 159 cm³/mol. The van der Waals surface area contributed by atoms with Crippen LogP contribution in [0.3, 0.4) is 0 Å². The van der Waals surface area contributed by atoms with Crippen molar-refractivity contribution in [1.82, 2.24) is 36.2 Å². The van der Waals surface area contributed by atoms with Crippen LogP contribution in [0.25, 0.3) is 10.8 Å². The zero-order valence-electron chi connectivity index (χ0n) is 24.5. The summed E-state index contributed by atoms with van der Waals surface area (Å²) in [4.78, 5) is 77.8. The minimum atomic E-state index is -1.15. The summed E-state index contributed by atoms with van der Waals surface area (Å²) in [5.74, 6) is -3.73. The van der Waals surface area contributed by atoms with Crippen LogP contribution < -0.4 is 27.1 Å². The molecule has 230 valence electrons. The van der Waals surface area contributed by atoms with E-state index in [1.54, 1.807) is 11.9 Å². The topological polar surface area (TPSA) is 186 Å². The van der Waals surface area contributed by atoms with Crippen LogP contribution in [-0.2, 0) is 30.5 Å². The number of amides is 7. The Morgan fingerprint density at radius 1 is 0.907 bits per heavy atom. The van der Waals surface area contributed by atoms with Crippen molar-refractivity contribution < 1.29 is 28.8 Å². The lowest BCUT2D eigenvalue weighted by Crippen LogP contribution is -2.58. The molecule has 0 radical (unpaired) electrons. The molecule has 0 aromatic heterocycles. The third-order valence-corrected chi connectivity index (χ3v) is 6.75. The van der Waals surface area contributed by atoms with Gasteiger partial charge >= 0.3 is 6.03 Å². The summed E-state index contributed by atoms with van der Waals surface area (Å²) < 4.78 is 0. The normalized spacial score (nSPS) is 14.4. The number of carbonyl (C=O) groups is 6. The van der Waals surface area contributed by atoms with E-state index in [9.17, 15) is 28.8 Å². The molecule has 7 amide bonds. The number of primary amides is 1. The molecule has 0 bridgehead atoms. The minimum absolute atomic E-state index is 0.284. The molecule has 14 nitrogen and oxygen atoms in total. The highest BCUT2D eigenvalue weighted by atomic mass is 16.2. The molecule has 0 unspecified atom stereocenters. The average molecular weight is 595 g/mol. The van der Waals surface area contributed by atoms with E-state index in [0.717, 1.165) is 28.5 Å². The third kappa shape index (κ3) is 9.53. The zero-order valence-corrected chi connectivity index (χ0v) is 24.5. The third-order valence-electron chi connectivity index (χ3n) is 6.75. The van der Waals surface area contributed by atoms with E-state index < -0.39 is 54.2 Å². The number of hydrogen-bond acceptors (Lipinski definition) is 7. The number of rotatable bonds is 10. The Hall–Kier alpha value is -4.98. The Morgan fingerprint density at radius 3 is 2.23 bits per heavy atom. The molecule has 1 fully saturated rings. The second-order valence-corrected chi connectivity index (χ2v) is 10.2. The molecule has 0 aliphatic carbocycles. The summed E-state index contributed by atoms with van der Waals surface area (Å²) in [5, 5.41) is 10.8. The first-order chi connectivity index (χ1) is 20.5. The summed E-state index contributed by atoms with van der Waals surface area (Å²) in [7, 11) is 1.58. The quantitative estimate of drug-likeness (QED) is 0.176. The van der Waals surface area contributed by atoms with E-state index in [4.69, 9.17) is 5.73 Å². The first-order valence-corrected chi connectivity index (χ1v) is 13.8. The van der Waals surface area contributed by atoms with Gasteiger partial charge in [0.2, 0.25) is 17.7 Å². The largest absolute Gasteiger partial charge is 0.368 e. The Morgan fingerprint density at radius 2 is 1.53 bits per heavy atom. The van der Waals surface area contributed by atoms with Crippen LogP contribution in [0.4, 0.5) is 4.79 Å². The number of likely N-dealkylation sites (N-methyl/N-ethyl adjacent to an activating group) is 1. The second-order valence-electron chi connectivity index (χ2n) is 10.2. The van der Waals surface area contributed by atoms with Crippen molar-refractivity contribution in [1.29, 1.82) is 0 Å². The molecule has 1 aliphatic heterocycles. The fourth-order valence-electron chi connectivity index (χ4n) is 4.30. The van der Waals surface area contributed by atoms with Crippen molar-refractivity contribution in [2.75, 3.05) is 39.8 Å². The highest BCUT2D eigenvalue weighted by molar-refractivity contribution is 5.99. The molecule has 2 atom stereocenters. The maximum absolute atomic E-state index is 12.8. The summed E-state index contributed by atoms with van der Waals surface area (Å²) in [6.07, 6.45) is 1.95. The van der Waals surface area contributed by atoms with E-state index in [1.807, 2.05) is 42.5 Å². The lowest BCUT2D eigenvalue weighted by atomic mass is 10.0. The van der Waals surface area contributed by atoms with Gasteiger partial charge in [0.05, 0.1) is 0 Å². The Labute approximate surface area is 249 Å². The van der Waals surface area contributed by atoms with Crippen LogP contribution in [0.2, 0.25) is 0 Å². The first-order valence-electron chi connectivity index (χ1n) is 13.8. The Kier molecular flexibility index (Phi) is 11.6. The lowest BCUT2D eigenvalue weighted by Gasteiger charge is -2.29. The molecule has 43 heavy (non-hydrogen) atoms. The van der Waals surface area contributed by atoms with Crippen LogP contribution in [0, 0.1) is 0 Å². The van der Waals surface area contributed by atoms with Crippen molar-refractivity contribution >= 4 is 46.3 Å². The van der Waals surface area contributed by atoms with Gasteiger partial charge in [0.1, 0.15) is 18.6 Å². The number of hydrogen-bond donors (Lipinski definition) is 5. The fraction of sp³-hybridized carbons (Fsp3) is 0.379. The number of carbonyl (C=O) groups excluding carboxylic acids is 6. The number of fused-ring (bicyclic) bond motifs is 1. The zero-order chi connectivity index (χ0) is 31.5. The molecular formula is C29H38N8O6. The number of piperazine rings is 1. The van der Waals surface area contributed by atoms with Crippen LogP contribution in [0.1, 0.15) is 19.4 Å². The van der Waals surface area contributed by atoms with Crippen LogP contribution in [-0.4, -0.2) is 102 Å². The molecule has 1 aliphatic rings. The highest BCUT2D eigenvalue weighted by Crippen LogP contribution is 2.19. The van der Waals surface area contributed by atoms with Gasteiger partial charge in [0.25, 0.3) is 11.8 Å². The van der Waals surface area contributed by atoms with Gasteiger partial charge < -0.3 is 31.5 Å². The van der Waals surface area contributed by atoms with Crippen molar-refractivity contribution in [2.24, 2.45) is 5.73 Å². The number of nitrogens with one attached hydrogen (secondary N) is 4. The maximum Gasteiger partial charge on any atom is 0.318 e. The molecule has 1 heterocycles. The van der Waals surface area contributed by atoms with Gasteiger partial charge in [-0.05, 0) is 30.2 Å². The van der Waals surface area contributed by atoms with Crippen molar-refractivity contribution in [2.45, 2.75) is 32.5 Å². The van der Waals surface area contributed by atoms with Gasteiger partial charge in [-0.1, -0.05) is 42.5 Å². The molecule has 2 aromatic carbocycles. The molecule has 3 rings (SSSR count). The molecule has 2 aromatic rings. The Balaban J connectivity index is 1.55. The summed E-state index contributed by atoms with van der Waals surface area (Å²) in [6.45, 7) is 4.76. The van der Waals surface area contributed by atoms with E-state index in [-0.39, 0.29) is 6.54 Å². The standard InChI is InChI=1S/C29H38N8O6/c1-19(33-29(43)36-15-13-31-14-16-36)27(41)32-20(2)28(42)34-37(18-24(30)38)26(40)12-11-25(39)35(3)17-22-9-6-8-21-7-4-5-10-23(21)22/h4-12,19-20,31H,13-18H2,1-3H3,(H2,30,38)(H,32,41)(H,33,43)(H,34,42)/b12-11+/t19-,20+/m1/s1. The summed E-state index contributed by atoms with van der Waals surface area (Å²) in [5.41, 5.74) is 8.42. The first kappa shape index (κ1) is 32.5. The van der Waals surface area contributed by atoms with Crippen LogP contribution in [0.15, 0.2) is 54.6 Å². The van der Waals surface area contributed by atoms with Gasteiger partial charge in [-0.25, -0.2) is 9.80 Å². The summed E-state index contributed by atoms with van der Waals surface area (Å²) >= 11 is 0. The Bertz CT molecular complexity index is 1380. The highest BCUT2D eigenvalue weighted by Gasteiger charge is 2.26. The molecule has 0 spiro atoms. The van der Waals surface area contributed by atoms with Gasteiger partial charge in [-0.2, -0.15) is 0 Å². The smallest absolute Gasteiger partial charge is 0.318 e. The van der Waals surface area contributed by atoms with Crippen LogP contribution >= 0.6 is 0 Å². The van der Waals surface area contributed by atoms with Crippen molar-refractivity contribution in [3.63, 3.8) is 0 Å². The van der Waals surface area contributed by atoms with Crippen molar-refractivity contribution in [3.8, 4) is 0 Å². The van der Waals surface area contributed by atoms with Gasteiger partial charge in [-0.3, -0.25) is 29.4 Å². The predicted octanol–water partition coefficient (Wildman–Crippen LogP) is -0.792. The number of nitrogens with two attached hydrogens (primary N) is 1. The molecule has 6 N–H and O–H groups in total. The van der Waals surface area contributed by atoms with E-state index in [0.29, 0.717) is 31.2 Å². The molecule has 0 saturated carbocycles. The summed E-state index contributed by atoms with van der Waals surface area (Å²) in [6, 6.07) is 11.1. The van der Waals surface area contributed by atoms with E-state index >= 15 is 0 Å². The number of nitrogens with zero attached hydrogens (tertiary/aromatic N) is 3. The fourth-order valence-corrected chi connectivity index (χ4v) is 4.30. The molecule has 1 saturated heterocycles. The van der Waals surface area contributed by atoms with E-state index in [2.05, 4.69) is 21.4 Å². The lowest BCUT2D eigenvalue weighted by molar-refractivity contribution is -0.142. The number of benzene rings is 2. The SMILES string of the molecule is C[C@H](NC(=O)[C@@H](C)NC(=O)N1CCNCC1)C(=O)NN(CC(N)=O)C(=O)/C=C/C(=O)N(C)Cc1cccc2ccccc12. The maximum atomic E-state index is 12.8.